The van der Waals surface area contributed by atoms with Crippen molar-refractivity contribution in [1.29, 1.82) is 0 Å². The summed E-state index contributed by atoms with van der Waals surface area (Å²) in [7, 11) is 0. The van der Waals surface area contributed by atoms with Gasteiger partial charge in [0, 0.05) is 69.0 Å². The molecule has 7 fully saturated rings. The van der Waals surface area contributed by atoms with Gasteiger partial charge in [0.25, 0.3) is 5.79 Å². The Balaban J connectivity index is 1.38. The molecule has 0 radical (unpaired) electrons. The third-order valence-electron chi connectivity index (χ3n) is 13.6. The predicted molar refractivity (Wildman–Crippen MR) is 145 cm³/mol. The summed E-state index contributed by atoms with van der Waals surface area (Å²) in [5.74, 6) is -4.44. The van der Waals surface area contributed by atoms with Gasteiger partial charge in [-0.3, -0.25) is 14.5 Å². The summed E-state index contributed by atoms with van der Waals surface area (Å²) in [4.78, 5) is 26.8. The van der Waals surface area contributed by atoms with Crippen LogP contribution in [0.5, 0.6) is 0 Å². The fourth-order valence-electron chi connectivity index (χ4n) is 12.0. The molecule has 3 saturated heterocycles. The van der Waals surface area contributed by atoms with Gasteiger partial charge in [-0.15, -0.1) is 0 Å². The van der Waals surface area contributed by atoms with Gasteiger partial charge in [-0.1, -0.05) is 13.8 Å². The van der Waals surface area contributed by atoms with Crippen LogP contribution in [-0.2, 0) is 23.8 Å². The molecular formula is C31H47NO10. The fraction of sp³-hybridized carbons (Fsp3) is 0.935. The first kappa shape index (κ1) is 29.4. The van der Waals surface area contributed by atoms with Crippen molar-refractivity contribution in [2.75, 3.05) is 13.1 Å². The lowest BCUT2D eigenvalue weighted by Crippen LogP contribution is -2.85. The van der Waals surface area contributed by atoms with Crippen molar-refractivity contribution in [3.8, 4) is 0 Å². The zero-order chi connectivity index (χ0) is 30.5. The topological polar surface area (TPSA) is 166 Å². The van der Waals surface area contributed by atoms with E-state index in [1.165, 1.54) is 13.8 Å². The molecular weight excluding hydrogens is 546 g/mol. The van der Waals surface area contributed by atoms with Crippen LogP contribution < -0.4 is 0 Å². The Morgan fingerprint density at radius 2 is 1.57 bits per heavy atom. The largest absolute Gasteiger partial charge is 0.456 e. The molecule has 4 saturated carbocycles. The van der Waals surface area contributed by atoms with Crippen LogP contribution in [0.1, 0.15) is 86.0 Å². The number of esters is 2. The van der Waals surface area contributed by atoms with E-state index < -0.39 is 81.2 Å². The van der Waals surface area contributed by atoms with E-state index in [1.54, 1.807) is 6.92 Å². The minimum Gasteiger partial charge on any atom is -0.456 e. The minimum atomic E-state index is -2.08. The van der Waals surface area contributed by atoms with E-state index in [0.29, 0.717) is 44.6 Å². The molecule has 11 heteroatoms. The number of hydrogen-bond donors (Lipinski definition) is 5. The molecule has 236 valence electrons. The molecule has 7 aliphatic rings. The number of hydrogen-bond acceptors (Lipinski definition) is 11. The third-order valence-corrected chi connectivity index (χ3v) is 13.6. The van der Waals surface area contributed by atoms with Crippen LogP contribution in [-0.4, -0.2) is 108 Å². The number of rotatable bonds is 2. The van der Waals surface area contributed by atoms with E-state index in [2.05, 4.69) is 11.8 Å². The van der Waals surface area contributed by atoms with Crippen LogP contribution in [0.15, 0.2) is 0 Å². The summed E-state index contributed by atoms with van der Waals surface area (Å²) < 4.78 is 18.7. The van der Waals surface area contributed by atoms with Gasteiger partial charge >= 0.3 is 11.9 Å². The molecule has 0 amide bonds. The molecule has 14 unspecified atom stereocenters. The number of carbonyl (C=O) groups excluding carboxylic acids is 2. The Morgan fingerprint density at radius 1 is 0.881 bits per heavy atom. The van der Waals surface area contributed by atoms with Gasteiger partial charge in [-0.05, 0) is 51.4 Å². The number of nitrogens with zero attached hydrogens (tertiary/aromatic N) is 1. The van der Waals surface area contributed by atoms with Crippen molar-refractivity contribution in [3.63, 3.8) is 0 Å². The Bertz CT molecular complexity index is 1210. The molecule has 42 heavy (non-hydrogen) atoms. The lowest BCUT2D eigenvalue weighted by Gasteiger charge is -2.68. The van der Waals surface area contributed by atoms with Gasteiger partial charge < -0.3 is 39.7 Å². The monoisotopic (exact) mass is 593 g/mol. The molecule has 1 spiro atoms. The number of aliphatic hydroxyl groups is 5. The first-order chi connectivity index (χ1) is 19.4. The van der Waals surface area contributed by atoms with E-state index in [1.807, 2.05) is 6.92 Å². The highest BCUT2D eigenvalue weighted by Gasteiger charge is 2.89. The average Bonchev–Trinajstić information content (AvgIpc) is 3.05. The van der Waals surface area contributed by atoms with Crippen molar-refractivity contribution >= 4 is 11.9 Å². The van der Waals surface area contributed by atoms with Crippen LogP contribution in [0.4, 0.5) is 0 Å². The van der Waals surface area contributed by atoms with E-state index in [9.17, 15) is 35.1 Å². The zero-order valence-corrected chi connectivity index (χ0v) is 25.3. The number of fused-ring (bicyclic) bond motifs is 5. The van der Waals surface area contributed by atoms with Crippen molar-refractivity contribution in [2.45, 2.75) is 138 Å². The Labute approximate surface area is 246 Å². The molecule has 11 nitrogen and oxygen atoms in total. The first-order valence-electron chi connectivity index (χ1n) is 15.8. The smallest absolute Gasteiger partial charge is 0.305 e. The van der Waals surface area contributed by atoms with E-state index in [0.717, 1.165) is 6.42 Å². The highest BCUT2D eigenvalue weighted by atomic mass is 16.8. The van der Waals surface area contributed by atoms with Crippen LogP contribution >= 0.6 is 0 Å². The van der Waals surface area contributed by atoms with Crippen molar-refractivity contribution in [2.24, 2.45) is 29.1 Å². The highest BCUT2D eigenvalue weighted by molar-refractivity contribution is 5.68. The summed E-state index contributed by atoms with van der Waals surface area (Å²) in [6.07, 6.45) is 0.601. The second-order valence-corrected chi connectivity index (χ2v) is 15.5. The van der Waals surface area contributed by atoms with Crippen LogP contribution in [0.3, 0.4) is 0 Å². The molecule has 0 aromatic heterocycles. The molecule has 0 aromatic rings. The molecule has 4 bridgehead atoms. The van der Waals surface area contributed by atoms with Gasteiger partial charge in [0.05, 0.1) is 11.7 Å². The summed E-state index contributed by atoms with van der Waals surface area (Å²) in [5.41, 5.74) is -9.50. The standard InChI is InChI=1S/C31H47NO10/c1-16-6-9-22-26(5,36)30(39)21(14-32(22)13-16)28(38)15-29-20(27(28,37)12-23(30)35)8-7-19-25(29,4)11-10-24(40-17(2)33)31(19,42-29)41-18(3)34/h16,19-24,35-39H,6-15H2,1-5H3. The summed E-state index contributed by atoms with van der Waals surface area (Å²) >= 11 is 0. The van der Waals surface area contributed by atoms with E-state index in [4.69, 9.17) is 14.2 Å². The van der Waals surface area contributed by atoms with Crippen molar-refractivity contribution in [1.82, 2.24) is 4.90 Å². The fourth-order valence-corrected chi connectivity index (χ4v) is 12.0. The first-order valence-corrected chi connectivity index (χ1v) is 15.8. The van der Waals surface area contributed by atoms with Crippen molar-refractivity contribution in [3.05, 3.63) is 0 Å². The maximum atomic E-state index is 13.0. The summed E-state index contributed by atoms with van der Waals surface area (Å²) in [6.45, 7) is 9.20. The second kappa shape index (κ2) is 8.47. The predicted octanol–water partition coefficient (Wildman–Crippen LogP) is 0.616. The maximum absolute atomic E-state index is 13.0. The lowest BCUT2D eigenvalue weighted by molar-refractivity contribution is -0.354. The molecule has 14 atom stereocenters. The molecule has 0 aromatic carbocycles. The normalized spacial score (nSPS) is 59.6. The molecule has 3 aliphatic heterocycles. The Kier molecular flexibility index (Phi) is 5.92. The summed E-state index contributed by atoms with van der Waals surface area (Å²) in [5, 5.41) is 61.9. The molecule has 7 rings (SSSR count). The van der Waals surface area contributed by atoms with Gasteiger partial charge in [0.15, 0.2) is 6.10 Å². The highest BCUT2D eigenvalue weighted by Crippen LogP contribution is 2.78. The van der Waals surface area contributed by atoms with Crippen LogP contribution in [0.25, 0.3) is 0 Å². The number of piperidine rings is 2. The van der Waals surface area contributed by atoms with Crippen molar-refractivity contribution < 1.29 is 49.3 Å². The number of ether oxygens (including phenoxy) is 3. The quantitative estimate of drug-likeness (QED) is 0.285. The third kappa shape index (κ3) is 3.07. The lowest BCUT2D eigenvalue weighted by atomic mass is 9.49. The van der Waals surface area contributed by atoms with Gasteiger partial charge in [-0.25, -0.2) is 0 Å². The Morgan fingerprint density at radius 3 is 2.24 bits per heavy atom. The van der Waals surface area contributed by atoms with Crippen LogP contribution in [0.2, 0.25) is 0 Å². The summed E-state index contributed by atoms with van der Waals surface area (Å²) in [6, 6.07) is -0.401. The maximum Gasteiger partial charge on any atom is 0.305 e. The molecule has 5 N–H and O–H groups in total. The minimum absolute atomic E-state index is 0.0756. The number of aliphatic hydroxyl groups excluding tert-OH is 1. The molecule has 4 aliphatic carbocycles. The van der Waals surface area contributed by atoms with E-state index in [-0.39, 0.29) is 25.3 Å². The zero-order valence-electron chi connectivity index (χ0n) is 25.3. The van der Waals surface area contributed by atoms with Gasteiger partial charge in [-0.2, -0.15) is 0 Å². The molecule has 3 heterocycles. The van der Waals surface area contributed by atoms with Crippen LogP contribution in [0, 0.1) is 29.1 Å². The van der Waals surface area contributed by atoms with Gasteiger partial charge in [0.2, 0.25) is 0 Å². The number of carbonyl (C=O) groups is 2. The average molecular weight is 594 g/mol. The SMILES string of the molecule is CC(=O)OC1CCC2(C)C3CCC4C5(O)CC(O)C6(O)C(CN7CC(C)CCC7C6(C)O)C5(O)CC42OC13OC(C)=O. The second-order valence-electron chi connectivity index (χ2n) is 15.5. The van der Waals surface area contributed by atoms with E-state index >= 15 is 0 Å². The van der Waals surface area contributed by atoms with Gasteiger partial charge in [0.1, 0.15) is 22.4 Å². The Hall–Kier alpha value is -1.34.